The summed E-state index contributed by atoms with van der Waals surface area (Å²) in [7, 11) is 0. The van der Waals surface area contributed by atoms with Crippen LogP contribution in [0.2, 0.25) is 0 Å². The van der Waals surface area contributed by atoms with Crippen LogP contribution in [-0.2, 0) is 25.7 Å². The molecule has 1 aromatic carbocycles. The summed E-state index contributed by atoms with van der Waals surface area (Å²) in [5.74, 6) is -0.528. The average molecular weight is 515 g/mol. The molecule has 0 spiro atoms. The van der Waals surface area contributed by atoms with E-state index in [1.165, 1.54) is 25.4 Å². The van der Waals surface area contributed by atoms with Crippen LogP contribution in [0.4, 0.5) is 15.1 Å². The summed E-state index contributed by atoms with van der Waals surface area (Å²) in [6.45, 7) is 4.00. The van der Waals surface area contributed by atoms with Crippen LogP contribution in [0, 0.1) is 5.82 Å². The first-order chi connectivity index (χ1) is 17.8. The number of benzene rings is 1. The molecule has 2 saturated heterocycles. The van der Waals surface area contributed by atoms with Crippen molar-refractivity contribution in [2.75, 3.05) is 44.3 Å². The van der Waals surface area contributed by atoms with E-state index in [0.29, 0.717) is 44.3 Å². The van der Waals surface area contributed by atoms with Gasteiger partial charge in [-0.05, 0) is 0 Å². The predicted octanol–water partition coefficient (Wildman–Crippen LogP) is 0.633. The zero-order valence-corrected chi connectivity index (χ0v) is 20.2. The minimum Gasteiger partial charge on any atom is -0.443 e. The van der Waals surface area contributed by atoms with E-state index in [1.807, 2.05) is 4.90 Å². The van der Waals surface area contributed by atoms with Gasteiger partial charge in [-0.2, -0.15) is 0 Å². The molecule has 2 aromatic rings. The van der Waals surface area contributed by atoms with E-state index in [1.54, 1.807) is 17.0 Å². The largest absolute Gasteiger partial charge is 0.443 e. The van der Waals surface area contributed by atoms with E-state index in [0.717, 1.165) is 5.71 Å². The zero-order valence-electron chi connectivity index (χ0n) is 20.2. The lowest BCUT2D eigenvalue weighted by molar-refractivity contribution is -0.139. The maximum absolute atomic E-state index is 15.0. The topological polar surface area (TPSA) is 171 Å². The Kier molecular flexibility index (Phi) is 8.08. The summed E-state index contributed by atoms with van der Waals surface area (Å²) >= 11 is 0. The van der Waals surface area contributed by atoms with Crippen molar-refractivity contribution < 1.29 is 28.3 Å². The molecule has 1 aromatic heterocycles. The first kappa shape index (κ1) is 25.8. The SMILES string of the molecule is CC(=O)N1CCOC(CON=C2CN(c3ncc(-c4cccc(COC(=O)N=C(N)N)c4F)cn3)C2)C1. The molecule has 0 saturated carbocycles. The van der Waals surface area contributed by atoms with Gasteiger partial charge in [0.05, 0.1) is 32.0 Å². The van der Waals surface area contributed by atoms with E-state index in [4.69, 9.17) is 25.8 Å². The lowest BCUT2D eigenvalue weighted by atomic mass is 10.1. The Morgan fingerprint density at radius 3 is 2.70 bits per heavy atom. The number of nitrogens with zero attached hydrogens (tertiary/aromatic N) is 6. The van der Waals surface area contributed by atoms with Gasteiger partial charge in [0.2, 0.25) is 11.9 Å². The van der Waals surface area contributed by atoms with E-state index >= 15 is 0 Å². The molecule has 2 aliphatic rings. The minimum atomic E-state index is -1.01. The van der Waals surface area contributed by atoms with E-state index in [-0.39, 0.29) is 36.4 Å². The monoisotopic (exact) mass is 514 g/mol. The molecule has 37 heavy (non-hydrogen) atoms. The fourth-order valence-corrected chi connectivity index (χ4v) is 3.73. The van der Waals surface area contributed by atoms with Crippen LogP contribution in [-0.4, -0.2) is 84.0 Å². The summed E-state index contributed by atoms with van der Waals surface area (Å²) in [6.07, 6.45) is 1.81. The van der Waals surface area contributed by atoms with Gasteiger partial charge in [0.25, 0.3) is 0 Å². The molecule has 13 nitrogen and oxygen atoms in total. The number of aliphatic imine (C=N–C) groups is 1. The maximum atomic E-state index is 15.0. The number of oxime groups is 1. The van der Waals surface area contributed by atoms with Crippen molar-refractivity contribution >= 4 is 29.6 Å². The van der Waals surface area contributed by atoms with Gasteiger partial charge in [0.15, 0.2) is 5.96 Å². The third kappa shape index (κ3) is 6.67. The first-order valence-corrected chi connectivity index (χ1v) is 11.5. The van der Waals surface area contributed by atoms with Gasteiger partial charge in [-0.15, -0.1) is 4.99 Å². The highest BCUT2D eigenvalue weighted by atomic mass is 19.1. The Labute approximate surface area is 211 Å². The molecule has 0 aliphatic carbocycles. The Balaban J connectivity index is 1.28. The van der Waals surface area contributed by atoms with Gasteiger partial charge in [-0.3, -0.25) is 4.79 Å². The molecule has 0 bridgehead atoms. The lowest BCUT2D eigenvalue weighted by Gasteiger charge is -2.33. The zero-order chi connectivity index (χ0) is 26.4. The fraction of sp³-hybridized carbons (Fsp3) is 0.391. The number of guanidine groups is 1. The summed E-state index contributed by atoms with van der Waals surface area (Å²) in [4.78, 5) is 43.9. The van der Waals surface area contributed by atoms with Crippen LogP contribution >= 0.6 is 0 Å². The number of anilines is 1. The predicted molar refractivity (Wildman–Crippen MR) is 131 cm³/mol. The molecule has 2 amide bonds. The highest BCUT2D eigenvalue weighted by Gasteiger charge is 2.26. The molecule has 3 heterocycles. The summed E-state index contributed by atoms with van der Waals surface area (Å²) in [6, 6.07) is 4.69. The molecule has 4 N–H and O–H groups in total. The van der Waals surface area contributed by atoms with Crippen molar-refractivity contribution in [3.63, 3.8) is 0 Å². The number of carbonyl (C=O) groups excluding carboxylic acids is 2. The lowest BCUT2D eigenvalue weighted by Crippen LogP contribution is -2.49. The number of rotatable bonds is 7. The number of carbonyl (C=O) groups is 2. The highest BCUT2D eigenvalue weighted by Crippen LogP contribution is 2.26. The second kappa shape index (κ2) is 11.6. The molecule has 2 aliphatic heterocycles. The van der Waals surface area contributed by atoms with Crippen molar-refractivity contribution in [3.8, 4) is 11.1 Å². The summed E-state index contributed by atoms with van der Waals surface area (Å²) < 4.78 is 25.4. The van der Waals surface area contributed by atoms with Crippen molar-refractivity contribution in [1.82, 2.24) is 14.9 Å². The quantitative estimate of drug-likeness (QED) is 0.303. The Morgan fingerprint density at radius 1 is 1.24 bits per heavy atom. The number of ether oxygens (including phenoxy) is 2. The van der Waals surface area contributed by atoms with E-state index < -0.39 is 17.9 Å². The van der Waals surface area contributed by atoms with Crippen molar-refractivity contribution in [2.45, 2.75) is 19.6 Å². The number of halogens is 1. The van der Waals surface area contributed by atoms with Crippen LogP contribution in [0.3, 0.4) is 0 Å². The smallest absolute Gasteiger partial charge is 0.437 e. The Bertz CT molecular complexity index is 1190. The number of hydrogen-bond donors (Lipinski definition) is 2. The molecule has 1 unspecified atom stereocenters. The van der Waals surface area contributed by atoms with E-state index in [2.05, 4.69) is 20.1 Å². The van der Waals surface area contributed by atoms with Gasteiger partial charge in [-0.1, -0.05) is 23.4 Å². The number of aromatic nitrogens is 2. The van der Waals surface area contributed by atoms with Crippen LogP contribution in [0.5, 0.6) is 0 Å². The highest BCUT2D eigenvalue weighted by molar-refractivity contribution is 5.98. The summed E-state index contributed by atoms with van der Waals surface area (Å²) in [5, 5.41) is 4.13. The second-order valence-corrected chi connectivity index (χ2v) is 8.41. The van der Waals surface area contributed by atoms with Crippen LogP contribution in [0.25, 0.3) is 11.1 Å². The normalized spacial score (nSPS) is 17.0. The van der Waals surface area contributed by atoms with Gasteiger partial charge in [0, 0.05) is 42.6 Å². The van der Waals surface area contributed by atoms with Crippen molar-refractivity contribution in [3.05, 3.63) is 42.0 Å². The molecule has 14 heteroatoms. The van der Waals surface area contributed by atoms with E-state index in [9.17, 15) is 14.0 Å². The van der Waals surface area contributed by atoms with Gasteiger partial charge < -0.3 is 35.6 Å². The second-order valence-electron chi connectivity index (χ2n) is 8.41. The molecule has 4 rings (SSSR count). The van der Waals surface area contributed by atoms with Crippen molar-refractivity contribution in [1.29, 1.82) is 0 Å². The average Bonchev–Trinajstić information content (AvgIpc) is 2.85. The van der Waals surface area contributed by atoms with Gasteiger partial charge >= 0.3 is 6.09 Å². The van der Waals surface area contributed by atoms with Gasteiger partial charge in [0.1, 0.15) is 25.1 Å². The summed E-state index contributed by atoms with van der Waals surface area (Å²) in [5.41, 5.74) is 11.9. The molecular formula is C23H27FN8O5. The number of hydrogen-bond acceptors (Lipinski definition) is 9. The Hall–Kier alpha value is -4.33. The van der Waals surface area contributed by atoms with Crippen molar-refractivity contribution in [2.24, 2.45) is 21.6 Å². The molecule has 2 fully saturated rings. The number of amides is 2. The van der Waals surface area contributed by atoms with Crippen LogP contribution < -0.4 is 16.4 Å². The van der Waals surface area contributed by atoms with Crippen LogP contribution in [0.1, 0.15) is 12.5 Å². The number of nitrogens with two attached hydrogens (primary N) is 2. The molecule has 0 radical (unpaired) electrons. The Morgan fingerprint density at radius 2 is 2.00 bits per heavy atom. The first-order valence-electron chi connectivity index (χ1n) is 11.5. The maximum Gasteiger partial charge on any atom is 0.437 e. The fourth-order valence-electron chi connectivity index (χ4n) is 3.73. The molecule has 196 valence electrons. The standard InChI is InChI=1S/C23H27FN8O5/c1-14(33)31-5-6-35-18(11-31)13-37-30-17-9-32(10-17)22-27-7-16(8-28-22)19-4-2-3-15(20(19)24)12-36-23(34)29-21(25)26/h2-4,7-8,18H,5-6,9-13H2,1H3,(H4,25,26,29,34). The number of morpholine rings is 1. The molecule has 1 atom stereocenters. The third-order valence-corrected chi connectivity index (χ3v) is 5.67. The third-order valence-electron chi connectivity index (χ3n) is 5.67. The van der Waals surface area contributed by atoms with Gasteiger partial charge in [-0.25, -0.2) is 19.2 Å². The van der Waals surface area contributed by atoms with Crippen LogP contribution in [0.15, 0.2) is 40.7 Å². The minimum absolute atomic E-state index is 0.0146. The molecular weight excluding hydrogens is 487 g/mol.